The predicted octanol–water partition coefficient (Wildman–Crippen LogP) is 4.13. The summed E-state index contributed by atoms with van der Waals surface area (Å²) in [5.74, 6) is 0.285. The highest BCUT2D eigenvalue weighted by molar-refractivity contribution is 6.15. The van der Waals surface area contributed by atoms with E-state index in [1.165, 1.54) is 6.07 Å². The molecule has 1 heterocycles. The molecule has 4 rings (SSSR count). The van der Waals surface area contributed by atoms with Crippen LogP contribution in [-0.4, -0.2) is 21.7 Å². The Kier molecular flexibility index (Phi) is 4.32. The summed E-state index contributed by atoms with van der Waals surface area (Å²) in [5, 5.41) is 22.6. The summed E-state index contributed by atoms with van der Waals surface area (Å²) in [7, 11) is 0. The third-order valence-electron chi connectivity index (χ3n) is 5.40. The molecule has 0 radical (unpaired) electrons. The molecule has 3 aromatic carbocycles. The van der Waals surface area contributed by atoms with Gasteiger partial charge in [-0.1, -0.05) is 43.3 Å². The van der Waals surface area contributed by atoms with Gasteiger partial charge in [-0.25, -0.2) is 0 Å². The fourth-order valence-corrected chi connectivity index (χ4v) is 3.80. The summed E-state index contributed by atoms with van der Waals surface area (Å²) in [6, 6.07) is 14.5. The Bertz CT molecular complexity index is 1260. The molecule has 142 valence electrons. The second-order valence-corrected chi connectivity index (χ2v) is 7.25. The average molecular weight is 374 g/mol. The van der Waals surface area contributed by atoms with Crippen molar-refractivity contribution < 1.29 is 10.2 Å². The van der Waals surface area contributed by atoms with Crippen molar-refractivity contribution >= 4 is 21.7 Å². The lowest BCUT2D eigenvalue weighted by Gasteiger charge is -2.16. The van der Waals surface area contributed by atoms with Gasteiger partial charge in [0, 0.05) is 16.3 Å². The third kappa shape index (κ3) is 2.72. The highest BCUT2D eigenvalue weighted by Crippen LogP contribution is 2.41. The first-order valence-corrected chi connectivity index (χ1v) is 9.23. The van der Waals surface area contributed by atoms with Crippen LogP contribution in [0.5, 0.6) is 11.5 Å². The number of fused-ring (bicyclic) bond motifs is 3. The molecule has 0 spiro atoms. The number of phenols is 2. The molecule has 0 unspecified atom stereocenters. The van der Waals surface area contributed by atoms with Gasteiger partial charge < -0.3 is 20.9 Å². The van der Waals surface area contributed by atoms with E-state index in [-0.39, 0.29) is 28.4 Å². The zero-order valence-corrected chi connectivity index (χ0v) is 15.8. The number of aromatic nitrogens is 1. The number of benzene rings is 3. The van der Waals surface area contributed by atoms with E-state index >= 15 is 0 Å². The molecule has 1 aromatic heterocycles. The molecule has 0 bridgehead atoms. The Balaban J connectivity index is 2.12. The normalized spacial score (nSPS) is 12.5. The maximum Gasteiger partial charge on any atom is 0.260 e. The Morgan fingerprint density at radius 2 is 1.75 bits per heavy atom. The van der Waals surface area contributed by atoms with E-state index in [1.54, 1.807) is 18.2 Å². The van der Waals surface area contributed by atoms with Gasteiger partial charge >= 0.3 is 0 Å². The zero-order valence-electron chi connectivity index (χ0n) is 15.8. The highest BCUT2D eigenvalue weighted by atomic mass is 16.3. The topological polar surface area (TPSA) is 99.3 Å². The second-order valence-electron chi connectivity index (χ2n) is 7.25. The third-order valence-corrected chi connectivity index (χ3v) is 5.40. The van der Waals surface area contributed by atoms with Crippen molar-refractivity contribution in [2.24, 2.45) is 5.73 Å². The monoisotopic (exact) mass is 374 g/mol. The van der Waals surface area contributed by atoms with Crippen LogP contribution in [0.15, 0.2) is 53.3 Å². The van der Waals surface area contributed by atoms with Gasteiger partial charge in [0.25, 0.3) is 5.56 Å². The molecule has 0 saturated carbocycles. The summed E-state index contributed by atoms with van der Waals surface area (Å²) in [5.41, 5.74) is 9.39. The number of hydrogen-bond donors (Lipinski definition) is 4. The number of phenolic OH excluding ortho intramolecular Hbond substituents is 2. The molecule has 28 heavy (non-hydrogen) atoms. The van der Waals surface area contributed by atoms with Gasteiger partial charge in [-0.2, -0.15) is 0 Å². The Labute approximate surface area is 162 Å². The number of H-pyrrole nitrogens is 1. The van der Waals surface area contributed by atoms with E-state index in [2.05, 4.69) is 11.9 Å². The van der Waals surface area contributed by atoms with E-state index < -0.39 is 0 Å². The van der Waals surface area contributed by atoms with Gasteiger partial charge in [-0.15, -0.1) is 0 Å². The summed E-state index contributed by atoms with van der Waals surface area (Å²) >= 11 is 0. The van der Waals surface area contributed by atoms with Crippen molar-refractivity contribution in [1.82, 2.24) is 4.98 Å². The lowest BCUT2D eigenvalue weighted by molar-refractivity contribution is 0.477. The summed E-state index contributed by atoms with van der Waals surface area (Å²) in [4.78, 5) is 15.4. The van der Waals surface area contributed by atoms with Gasteiger partial charge in [0.1, 0.15) is 11.5 Å². The van der Waals surface area contributed by atoms with Crippen LogP contribution < -0.4 is 11.3 Å². The average Bonchev–Trinajstić information content (AvgIpc) is 2.68. The van der Waals surface area contributed by atoms with E-state index in [4.69, 9.17) is 5.73 Å². The smallest absolute Gasteiger partial charge is 0.260 e. The van der Waals surface area contributed by atoms with Gasteiger partial charge in [-0.3, -0.25) is 4.79 Å². The molecule has 0 aliphatic rings. The van der Waals surface area contributed by atoms with Gasteiger partial charge in [0.15, 0.2) is 0 Å². The Morgan fingerprint density at radius 1 is 1.04 bits per heavy atom. The minimum absolute atomic E-state index is 0.0836. The highest BCUT2D eigenvalue weighted by Gasteiger charge is 2.18. The lowest BCUT2D eigenvalue weighted by atomic mass is 9.92. The number of hydrogen-bond acceptors (Lipinski definition) is 4. The first kappa shape index (κ1) is 18.1. The fourth-order valence-electron chi connectivity index (χ4n) is 3.80. The quantitative estimate of drug-likeness (QED) is 0.405. The van der Waals surface area contributed by atoms with E-state index in [9.17, 15) is 15.0 Å². The number of aromatic hydroxyl groups is 2. The van der Waals surface area contributed by atoms with Gasteiger partial charge in [0.05, 0.1) is 10.9 Å². The molecule has 1 atom stereocenters. The SMILES string of the molecule is Cc1cc(O)c(-c2ccc([C@@H](C)CN)cc2)c2c1[nH]c(=O)c1c(O)cccc12. The number of aryl methyl sites for hydroxylation is 1. The van der Waals surface area contributed by atoms with Crippen molar-refractivity contribution in [2.45, 2.75) is 19.8 Å². The van der Waals surface area contributed by atoms with E-state index in [0.717, 1.165) is 16.7 Å². The number of nitrogens with one attached hydrogen (secondary N) is 1. The first-order valence-electron chi connectivity index (χ1n) is 9.23. The van der Waals surface area contributed by atoms with Crippen LogP contribution in [0, 0.1) is 6.92 Å². The molecule has 4 aromatic rings. The molecule has 5 heteroatoms. The van der Waals surface area contributed by atoms with Crippen molar-refractivity contribution in [3.05, 3.63) is 70.0 Å². The standard InChI is InChI=1S/C23H22N2O3/c1-12-10-18(27)19(15-8-6-14(7-9-15)13(2)11-24)21-16-4-3-5-17(26)20(16)23(28)25-22(12)21/h3-10,13,26-27H,11,24H2,1-2H3,(H,25,28)/t13-/m0/s1. The number of aromatic amines is 1. The van der Waals surface area contributed by atoms with Crippen LogP contribution in [0.2, 0.25) is 0 Å². The van der Waals surface area contributed by atoms with Crippen molar-refractivity contribution in [3.63, 3.8) is 0 Å². The van der Waals surface area contributed by atoms with Crippen LogP contribution in [0.1, 0.15) is 24.0 Å². The second kappa shape index (κ2) is 6.69. The van der Waals surface area contributed by atoms with E-state index in [0.29, 0.717) is 28.4 Å². The largest absolute Gasteiger partial charge is 0.507 e. The molecule has 0 aliphatic heterocycles. The van der Waals surface area contributed by atoms with Crippen LogP contribution in [-0.2, 0) is 0 Å². The summed E-state index contributed by atoms with van der Waals surface area (Å²) < 4.78 is 0. The van der Waals surface area contributed by atoms with E-state index in [1.807, 2.05) is 31.2 Å². The van der Waals surface area contributed by atoms with Gasteiger partial charge in [0.2, 0.25) is 0 Å². The van der Waals surface area contributed by atoms with Crippen molar-refractivity contribution in [1.29, 1.82) is 0 Å². The maximum atomic E-state index is 12.6. The number of nitrogens with two attached hydrogens (primary N) is 1. The lowest BCUT2D eigenvalue weighted by Crippen LogP contribution is -2.09. The zero-order chi connectivity index (χ0) is 20.0. The Hall–Kier alpha value is -3.31. The summed E-state index contributed by atoms with van der Waals surface area (Å²) in [6.07, 6.45) is 0. The molecule has 0 fully saturated rings. The minimum atomic E-state index is -0.354. The molecular formula is C23H22N2O3. The number of pyridine rings is 1. The van der Waals surface area contributed by atoms with Crippen molar-refractivity contribution in [2.75, 3.05) is 6.54 Å². The van der Waals surface area contributed by atoms with Crippen molar-refractivity contribution in [3.8, 4) is 22.6 Å². The Morgan fingerprint density at radius 3 is 2.43 bits per heavy atom. The molecule has 0 saturated heterocycles. The summed E-state index contributed by atoms with van der Waals surface area (Å²) in [6.45, 7) is 4.46. The number of rotatable bonds is 3. The molecule has 0 aliphatic carbocycles. The van der Waals surface area contributed by atoms with Crippen LogP contribution in [0.25, 0.3) is 32.8 Å². The maximum absolute atomic E-state index is 12.6. The fraction of sp³-hybridized carbons (Fsp3) is 0.174. The van der Waals surface area contributed by atoms with Crippen LogP contribution >= 0.6 is 0 Å². The molecule has 5 N–H and O–H groups in total. The first-order chi connectivity index (χ1) is 13.4. The van der Waals surface area contributed by atoms with Crippen LogP contribution in [0.4, 0.5) is 0 Å². The van der Waals surface area contributed by atoms with Gasteiger partial charge in [-0.05, 0) is 48.2 Å². The minimum Gasteiger partial charge on any atom is -0.507 e. The predicted molar refractivity (Wildman–Crippen MR) is 113 cm³/mol. The molecule has 0 amide bonds. The molecule has 5 nitrogen and oxygen atoms in total. The van der Waals surface area contributed by atoms with Crippen LogP contribution in [0.3, 0.4) is 0 Å². The molecular weight excluding hydrogens is 352 g/mol.